The molecular weight excluding hydrogens is 438 g/mol. The van der Waals surface area contributed by atoms with Crippen molar-refractivity contribution >= 4 is 23.2 Å². The summed E-state index contributed by atoms with van der Waals surface area (Å²) in [5, 5.41) is 0. The van der Waals surface area contributed by atoms with E-state index in [1.165, 1.54) is 0 Å². The zero-order chi connectivity index (χ0) is 24.4. The Morgan fingerprint density at radius 3 is 2.20 bits per heavy atom. The number of carbonyl (C=O) groups is 2. The van der Waals surface area contributed by atoms with Gasteiger partial charge in [-0.15, -0.1) is 0 Å². The second-order valence-corrected chi connectivity index (χ2v) is 8.99. The van der Waals surface area contributed by atoms with Crippen LogP contribution >= 0.6 is 0 Å². The zero-order valence-corrected chi connectivity index (χ0v) is 20.3. The lowest BCUT2D eigenvalue weighted by Gasteiger charge is -2.42. The molecule has 6 nitrogen and oxygen atoms in total. The summed E-state index contributed by atoms with van der Waals surface area (Å²) in [5.74, 6) is 1.59. The molecule has 0 unspecified atom stereocenters. The highest BCUT2D eigenvalue weighted by molar-refractivity contribution is 5.96. The molecule has 2 heterocycles. The van der Waals surface area contributed by atoms with Crippen molar-refractivity contribution in [2.75, 3.05) is 31.1 Å². The van der Waals surface area contributed by atoms with Crippen molar-refractivity contribution in [1.29, 1.82) is 0 Å². The largest absolute Gasteiger partial charge is 0.453 e. The van der Waals surface area contributed by atoms with Crippen LogP contribution in [-0.4, -0.2) is 53.8 Å². The summed E-state index contributed by atoms with van der Waals surface area (Å²) in [7, 11) is 0. The Morgan fingerprint density at radius 1 is 0.829 bits per heavy atom. The van der Waals surface area contributed by atoms with Crippen LogP contribution in [0.15, 0.2) is 72.8 Å². The van der Waals surface area contributed by atoms with Crippen molar-refractivity contribution < 1.29 is 14.3 Å². The number of rotatable bonds is 5. The fourth-order valence-corrected chi connectivity index (χ4v) is 5.10. The van der Waals surface area contributed by atoms with Crippen molar-refractivity contribution in [1.82, 2.24) is 9.80 Å². The van der Waals surface area contributed by atoms with Gasteiger partial charge in [-0.05, 0) is 69.2 Å². The summed E-state index contributed by atoms with van der Waals surface area (Å²) in [4.78, 5) is 32.0. The Hall–Kier alpha value is -3.80. The summed E-state index contributed by atoms with van der Waals surface area (Å²) in [6.45, 7) is 6.72. The summed E-state index contributed by atoms with van der Waals surface area (Å²) < 4.78 is 6.28. The van der Waals surface area contributed by atoms with E-state index in [1.54, 1.807) is 0 Å². The Balaban J connectivity index is 1.41. The predicted octanol–water partition coefficient (Wildman–Crippen LogP) is 5.72. The Morgan fingerprint density at radius 2 is 1.49 bits per heavy atom. The molecule has 0 saturated carbocycles. The molecule has 6 heteroatoms. The Labute approximate surface area is 206 Å². The molecule has 2 aliphatic heterocycles. The number of ether oxygens (including phenoxy) is 1. The number of carbonyl (C=O) groups excluding carboxylic acids is 2. The van der Waals surface area contributed by atoms with Crippen LogP contribution in [0.4, 0.5) is 11.4 Å². The number of fused-ring (bicyclic) bond motifs is 2. The first-order valence-electron chi connectivity index (χ1n) is 12.4. The van der Waals surface area contributed by atoms with Gasteiger partial charge in [0.25, 0.3) is 11.8 Å². The lowest BCUT2D eigenvalue weighted by atomic mass is 9.98. The summed E-state index contributed by atoms with van der Waals surface area (Å²) in [6.07, 6.45) is 1.71. The molecule has 35 heavy (non-hydrogen) atoms. The first-order chi connectivity index (χ1) is 17.1. The lowest BCUT2D eigenvalue weighted by Crippen LogP contribution is -2.46. The molecule has 2 amide bonds. The van der Waals surface area contributed by atoms with Crippen LogP contribution in [0.1, 0.15) is 47.4 Å². The maximum atomic E-state index is 13.0. The third-order valence-corrected chi connectivity index (χ3v) is 7.00. The van der Waals surface area contributed by atoms with E-state index in [9.17, 15) is 9.59 Å². The number of hydrogen-bond acceptors (Lipinski definition) is 4. The van der Waals surface area contributed by atoms with Crippen LogP contribution in [0.2, 0.25) is 0 Å². The van der Waals surface area contributed by atoms with E-state index >= 15 is 0 Å². The van der Waals surface area contributed by atoms with Gasteiger partial charge in [-0.1, -0.05) is 30.3 Å². The van der Waals surface area contributed by atoms with Gasteiger partial charge in [0.15, 0.2) is 11.5 Å². The van der Waals surface area contributed by atoms with E-state index in [0.717, 1.165) is 35.5 Å². The zero-order valence-electron chi connectivity index (χ0n) is 20.3. The summed E-state index contributed by atoms with van der Waals surface area (Å²) in [5.41, 5.74) is 3.36. The van der Waals surface area contributed by atoms with Gasteiger partial charge in [-0.2, -0.15) is 0 Å². The van der Waals surface area contributed by atoms with Gasteiger partial charge in [0.05, 0.1) is 11.4 Å². The standard InChI is InChI=1S/C29H31N3O3/c1-3-30(4-2)29(34)22-14-15-25-27(20-22)35-26-13-9-8-12-24(26)32(25)23-16-18-31(19-17-23)28(33)21-10-6-5-7-11-21/h5-15,20,23H,3-4,16-19H2,1-2H3. The SMILES string of the molecule is CCN(CC)C(=O)c1ccc2c(c1)Oc1ccccc1N2C1CCN(C(=O)c2ccccc2)CC1. The molecule has 0 atom stereocenters. The number of benzene rings is 3. The van der Waals surface area contributed by atoms with Gasteiger partial charge in [0, 0.05) is 43.3 Å². The van der Waals surface area contributed by atoms with Crippen LogP contribution in [0, 0.1) is 0 Å². The average molecular weight is 470 g/mol. The molecule has 0 spiro atoms. The van der Waals surface area contributed by atoms with Gasteiger partial charge in [-0.3, -0.25) is 9.59 Å². The van der Waals surface area contributed by atoms with E-state index in [2.05, 4.69) is 11.0 Å². The molecule has 0 aromatic heterocycles. The van der Waals surface area contributed by atoms with Gasteiger partial charge in [0.1, 0.15) is 0 Å². The minimum atomic E-state index is 0.0135. The topological polar surface area (TPSA) is 53.1 Å². The molecule has 3 aromatic rings. The minimum absolute atomic E-state index is 0.0135. The quantitative estimate of drug-likeness (QED) is 0.480. The molecule has 1 fully saturated rings. The van der Waals surface area contributed by atoms with Crippen molar-refractivity contribution in [3.8, 4) is 11.5 Å². The van der Waals surface area contributed by atoms with Crippen LogP contribution in [0.3, 0.4) is 0 Å². The van der Waals surface area contributed by atoms with Crippen LogP contribution in [0.25, 0.3) is 0 Å². The van der Waals surface area contributed by atoms with E-state index in [0.29, 0.717) is 37.5 Å². The fraction of sp³-hybridized carbons (Fsp3) is 0.310. The van der Waals surface area contributed by atoms with Gasteiger partial charge >= 0.3 is 0 Å². The molecule has 2 aliphatic rings. The van der Waals surface area contributed by atoms with E-state index in [1.807, 2.05) is 90.4 Å². The van der Waals surface area contributed by atoms with Crippen LogP contribution < -0.4 is 9.64 Å². The minimum Gasteiger partial charge on any atom is -0.453 e. The molecule has 0 N–H and O–H groups in total. The molecule has 0 bridgehead atoms. The number of piperidine rings is 1. The van der Waals surface area contributed by atoms with Crippen molar-refractivity contribution in [3.63, 3.8) is 0 Å². The van der Waals surface area contributed by atoms with Crippen LogP contribution in [-0.2, 0) is 0 Å². The maximum Gasteiger partial charge on any atom is 0.253 e. The van der Waals surface area contributed by atoms with E-state index in [-0.39, 0.29) is 17.9 Å². The number of nitrogens with zero attached hydrogens (tertiary/aromatic N) is 3. The number of para-hydroxylation sites is 2. The van der Waals surface area contributed by atoms with Crippen molar-refractivity contribution in [2.45, 2.75) is 32.7 Å². The monoisotopic (exact) mass is 469 g/mol. The molecule has 0 radical (unpaired) electrons. The number of hydrogen-bond donors (Lipinski definition) is 0. The first-order valence-corrected chi connectivity index (χ1v) is 12.4. The molecule has 5 rings (SSSR count). The molecule has 3 aromatic carbocycles. The van der Waals surface area contributed by atoms with Gasteiger partial charge in [-0.25, -0.2) is 0 Å². The number of amides is 2. The predicted molar refractivity (Wildman–Crippen MR) is 138 cm³/mol. The second kappa shape index (κ2) is 9.82. The maximum absolute atomic E-state index is 13.0. The highest BCUT2D eigenvalue weighted by atomic mass is 16.5. The van der Waals surface area contributed by atoms with Crippen molar-refractivity contribution in [3.05, 3.63) is 83.9 Å². The third kappa shape index (κ3) is 4.36. The van der Waals surface area contributed by atoms with Gasteiger partial charge in [0.2, 0.25) is 0 Å². The molecule has 0 aliphatic carbocycles. The smallest absolute Gasteiger partial charge is 0.253 e. The van der Waals surface area contributed by atoms with E-state index in [4.69, 9.17) is 4.74 Å². The third-order valence-electron chi connectivity index (χ3n) is 7.00. The van der Waals surface area contributed by atoms with Gasteiger partial charge < -0.3 is 19.4 Å². The normalized spacial score (nSPS) is 15.1. The molecule has 180 valence electrons. The Kier molecular flexibility index (Phi) is 6.45. The molecular formula is C29H31N3O3. The highest BCUT2D eigenvalue weighted by Crippen LogP contribution is 2.49. The Bertz CT molecular complexity index is 1210. The fourth-order valence-electron chi connectivity index (χ4n) is 5.10. The first kappa shape index (κ1) is 23.0. The number of likely N-dealkylation sites (tertiary alicyclic amines) is 1. The number of anilines is 2. The van der Waals surface area contributed by atoms with E-state index < -0.39 is 0 Å². The second-order valence-electron chi connectivity index (χ2n) is 8.99. The highest BCUT2D eigenvalue weighted by Gasteiger charge is 2.34. The lowest BCUT2D eigenvalue weighted by molar-refractivity contribution is 0.0713. The summed E-state index contributed by atoms with van der Waals surface area (Å²) in [6, 6.07) is 23.5. The molecule has 1 saturated heterocycles. The van der Waals surface area contributed by atoms with Crippen LogP contribution in [0.5, 0.6) is 11.5 Å². The van der Waals surface area contributed by atoms with Crippen molar-refractivity contribution in [2.24, 2.45) is 0 Å². The average Bonchev–Trinajstić information content (AvgIpc) is 2.92. The summed E-state index contributed by atoms with van der Waals surface area (Å²) >= 11 is 0.